The first-order valence-corrected chi connectivity index (χ1v) is 7.29. The molecule has 6 heteroatoms. The molecule has 1 saturated heterocycles. The van der Waals surface area contributed by atoms with Crippen LogP contribution in [0.1, 0.15) is 26.5 Å². The van der Waals surface area contributed by atoms with Gasteiger partial charge in [0.25, 0.3) is 0 Å². The second kappa shape index (κ2) is 5.36. The third-order valence-corrected chi connectivity index (χ3v) is 3.80. The van der Waals surface area contributed by atoms with Crippen molar-refractivity contribution in [1.82, 2.24) is 9.27 Å². The van der Waals surface area contributed by atoms with Crippen LogP contribution in [0.25, 0.3) is 0 Å². The number of hydrogen-bond donors (Lipinski definition) is 0. The van der Waals surface area contributed by atoms with Gasteiger partial charge in [0.1, 0.15) is 10.6 Å². The smallest absolute Gasteiger partial charge is 0.410 e. The van der Waals surface area contributed by atoms with Crippen LogP contribution in [0.4, 0.5) is 9.80 Å². The Kier molecular flexibility index (Phi) is 3.99. The van der Waals surface area contributed by atoms with Gasteiger partial charge in [0.05, 0.1) is 5.69 Å². The van der Waals surface area contributed by atoms with Crippen LogP contribution in [-0.2, 0) is 4.74 Å². The summed E-state index contributed by atoms with van der Waals surface area (Å²) >= 11 is 1.52. The summed E-state index contributed by atoms with van der Waals surface area (Å²) in [5.41, 5.74) is 0.623. The maximum atomic E-state index is 11.9. The zero-order valence-electron chi connectivity index (χ0n) is 12.0. The average Bonchev–Trinajstić information content (AvgIpc) is 2.74. The van der Waals surface area contributed by atoms with Crippen molar-refractivity contribution in [3.05, 3.63) is 11.8 Å². The van der Waals surface area contributed by atoms with Crippen LogP contribution < -0.4 is 4.90 Å². The number of rotatable bonds is 1. The lowest BCUT2D eigenvalue weighted by atomic mass is 10.2. The van der Waals surface area contributed by atoms with E-state index in [9.17, 15) is 4.79 Å². The minimum Gasteiger partial charge on any atom is -0.444 e. The number of carbonyl (C=O) groups is 1. The largest absolute Gasteiger partial charge is 0.444 e. The van der Waals surface area contributed by atoms with Crippen LogP contribution in [0, 0.1) is 6.92 Å². The molecule has 106 valence electrons. The van der Waals surface area contributed by atoms with E-state index in [2.05, 4.69) is 15.3 Å². The number of carbonyl (C=O) groups excluding carboxylic acids is 1. The number of piperazine rings is 1. The molecule has 0 aliphatic carbocycles. The molecule has 2 heterocycles. The molecule has 1 aromatic heterocycles. The Morgan fingerprint density at radius 2 is 1.95 bits per heavy atom. The normalized spacial score (nSPS) is 16.6. The Bertz CT molecular complexity index is 445. The number of nitrogens with zero attached hydrogens (tertiary/aromatic N) is 3. The third-order valence-electron chi connectivity index (χ3n) is 2.86. The topological polar surface area (TPSA) is 45.7 Å². The van der Waals surface area contributed by atoms with E-state index < -0.39 is 5.60 Å². The van der Waals surface area contributed by atoms with E-state index >= 15 is 0 Å². The van der Waals surface area contributed by atoms with Crippen molar-refractivity contribution >= 4 is 22.6 Å². The molecule has 0 atom stereocenters. The number of ether oxygens (including phenoxy) is 1. The molecule has 5 nitrogen and oxygen atoms in total. The van der Waals surface area contributed by atoms with Gasteiger partial charge in [-0.3, -0.25) is 0 Å². The summed E-state index contributed by atoms with van der Waals surface area (Å²) in [5.74, 6) is 0. The summed E-state index contributed by atoms with van der Waals surface area (Å²) < 4.78 is 9.67. The summed E-state index contributed by atoms with van der Waals surface area (Å²) in [7, 11) is 0. The minimum absolute atomic E-state index is 0.215. The Labute approximate surface area is 118 Å². The average molecular weight is 283 g/mol. The van der Waals surface area contributed by atoms with Crippen LogP contribution >= 0.6 is 11.5 Å². The number of hydrogen-bond acceptors (Lipinski definition) is 5. The van der Waals surface area contributed by atoms with Gasteiger partial charge in [-0.1, -0.05) is 0 Å². The fourth-order valence-electron chi connectivity index (χ4n) is 1.94. The first-order valence-electron chi connectivity index (χ1n) is 6.51. The fourth-order valence-corrected chi connectivity index (χ4v) is 2.75. The van der Waals surface area contributed by atoms with E-state index in [1.165, 1.54) is 16.5 Å². The van der Waals surface area contributed by atoms with Crippen molar-refractivity contribution in [2.24, 2.45) is 0 Å². The van der Waals surface area contributed by atoms with E-state index in [1.807, 2.05) is 27.7 Å². The summed E-state index contributed by atoms with van der Waals surface area (Å²) in [4.78, 5) is 16.0. The summed E-state index contributed by atoms with van der Waals surface area (Å²) in [6.07, 6.45) is -0.215. The molecule has 1 aromatic rings. The minimum atomic E-state index is -0.428. The molecular weight excluding hydrogens is 262 g/mol. The SMILES string of the molecule is Cc1cc(N2CCN(C(=O)OC(C)(C)C)CC2)sn1. The second-order valence-corrected chi connectivity index (χ2v) is 6.54. The quantitative estimate of drug-likeness (QED) is 0.794. The predicted octanol–water partition coefficient (Wildman–Crippen LogP) is 2.51. The molecule has 0 spiro atoms. The van der Waals surface area contributed by atoms with Crippen molar-refractivity contribution in [3.63, 3.8) is 0 Å². The molecule has 0 N–H and O–H groups in total. The van der Waals surface area contributed by atoms with E-state index in [4.69, 9.17) is 4.74 Å². The third kappa shape index (κ3) is 3.83. The first kappa shape index (κ1) is 14.1. The van der Waals surface area contributed by atoms with Crippen molar-refractivity contribution in [2.45, 2.75) is 33.3 Å². The van der Waals surface area contributed by atoms with Crippen LogP contribution in [0.5, 0.6) is 0 Å². The van der Waals surface area contributed by atoms with Gasteiger partial charge in [-0.05, 0) is 45.3 Å². The highest BCUT2D eigenvalue weighted by Gasteiger charge is 2.26. The lowest BCUT2D eigenvalue weighted by molar-refractivity contribution is 0.0241. The van der Waals surface area contributed by atoms with Gasteiger partial charge in [-0.2, -0.15) is 4.37 Å². The Morgan fingerprint density at radius 1 is 1.32 bits per heavy atom. The molecule has 0 radical (unpaired) electrons. The molecule has 0 bridgehead atoms. The Balaban J connectivity index is 1.87. The highest BCUT2D eigenvalue weighted by Crippen LogP contribution is 2.23. The zero-order valence-corrected chi connectivity index (χ0v) is 12.8. The summed E-state index contributed by atoms with van der Waals surface area (Å²) in [5, 5.41) is 1.18. The van der Waals surface area contributed by atoms with Gasteiger partial charge in [-0.25, -0.2) is 4.79 Å². The summed E-state index contributed by atoms with van der Waals surface area (Å²) in [6, 6.07) is 2.09. The molecular formula is C13H21N3O2S. The number of aryl methyl sites for hydroxylation is 1. The maximum absolute atomic E-state index is 11.9. The van der Waals surface area contributed by atoms with Crippen LogP contribution in [0.15, 0.2) is 6.07 Å². The lowest BCUT2D eigenvalue weighted by Crippen LogP contribution is -2.49. The Hall–Kier alpha value is -1.30. The first-order chi connectivity index (χ1) is 8.85. The summed E-state index contributed by atoms with van der Waals surface area (Å²) in [6.45, 7) is 10.7. The van der Waals surface area contributed by atoms with Crippen LogP contribution in [-0.4, -0.2) is 47.1 Å². The molecule has 0 aromatic carbocycles. The zero-order chi connectivity index (χ0) is 14.0. The van der Waals surface area contributed by atoms with Crippen LogP contribution in [0.3, 0.4) is 0 Å². The highest BCUT2D eigenvalue weighted by atomic mass is 32.1. The Morgan fingerprint density at radius 3 is 2.42 bits per heavy atom. The number of anilines is 1. The van der Waals surface area contributed by atoms with Crippen molar-refractivity contribution < 1.29 is 9.53 Å². The number of aromatic nitrogens is 1. The van der Waals surface area contributed by atoms with Crippen molar-refractivity contribution in [3.8, 4) is 0 Å². The highest BCUT2D eigenvalue weighted by molar-refractivity contribution is 7.10. The standard InChI is InChI=1S/C13H21N3O2S/c1-10-9-11(19-14-10)15-5-7-16(8-6-15)12(17)18-13(2,3)4/h9H,5-8H2,1-4H3. The van der Waals surface area contributed by atoms with E-state index in [-0.39, 0.29) is 6.09 Å². The molecule has 19 heavy (non-hydrogen) atoms. The van der Waals surface area contributed by atoms with E-state index in [0.717, 1.165) is 18.8 Å². The van der Waals surface area contributed by atoms with Gasteiger partial charge >= 0.3 is 6.09 Å². The molecule has 1 aliphatic rings. The molecule has 1 aliphatic heterocycles. The molecule has 0 unspecified atom stereocenters. The fraction of sp³-hybridized carbons (Fsp3) is 0.692. The van der Waals surface area contributed by atoms with Gasteiger partial charge < -0.3 is 14.5 Å². The monoisotopic (exact) mass is 283 g/mol. The second-order valence-electron chi connectivity index (χ2n) is 5.76. The molecule has 1 fully saturated rings. The van der Waals surface area contributed by atoms with Gasteiger partial charge in [0, 0.05) is 26.2 Å². The number of amides is 1. The lowest BCUT2D eigenvalue weighted by Gasteiger charge is -2.35. The molecule has 1 amide bonds. The van der Waals surface area contributed by atoms with Gasteiger partial charge in [0.15, 0.2) is 0 Å². The molecule has 2 rings (SSSR count). The van der Waals surface area contributed by atoms with Crippen LogP contribution in [0.2, 0.25) is 0 Å². The maximum Gasteiger partial charge on any atom is 0.410 e. The molecule has 0 saturated carbocycles. The van der Waals surface area contributed by atoms with Crippen molar-refractivity contribution in [1.29, 1.82) is 0 Å². The van der Waals surface area contributed by atoms with E-state index in [1.54, 1.807) is 4.90 Å². The predicted molar refractivity (Wildman–Crippen MR) is 76.9 cm³/mol. The van der Waals surface area contributed by atoms with Gasteiger partial charge in [0.2, 0.25) is 0 Å². The van der Waals surface area contributed by atoms with E-state index in [0.29, 0.717) is 13.1 Å². The van der Waals surface area contributed by atoms with Crippen molar-refractivity contribution in [2.75, 3.05) is 31.1 Å². The van der Waals surface area contributed by atoms with Gasteiger partial charge in [-0.15, -0.1) is 0 Å².